The first-order valence-corrected chi connectivity index (χ1v) is 10.6. The third kappa shape index (κ3) is 1.10. The zero-order chi connectivity index (χ0) is 18.5. The molecule has 0 atom stereocenters. The Morgan fingerprint density at radius 2 is 1.27 bits per heavy atom. The first-order chi connectivity index (χ1) is 12.2. The molecule has 0 saturated heterocycles. The van der Waals surface area contributed by atoms with Gasteiger partial charge in [-0.25, -0.2) is 0 Å². The molecule has 6 saturated carbocycles. The Morgan fingerprint density at radius 3 is 1.65 bits per heavy atom. The summed E-state index contributed by atoms with van der Waals surface area (Å²) in [6, 6.07) is 5.39. The van der Waals surface area contributed by atoms with Crippen LogP contribution in [0.2, 0.25) is 0 Å². The highest BCUT2D eigenvalue weighted by Gasteiger charge is 3.11. The van der Waals surface area contributed by atoms with Gasteiger partial charge in [0.05, 0.1) is 5.41 Å². The van der Waals surface area contributed by atoms with E-state index in [1.54, 1.807) is 5.56 Å². The van der Waals surface area contributed by atoms with Crippen molar-refractivity contribution in [2.75, 3.05) is 0 Å². The normalized spacial score (nSPS) is 47.4. The van der Waals surface area contributed by atoms with Crippen molar-refractivity contribution < 1.29 is 4.79 Å². The Bertz CT molecular complexity index is 794. The third-order valence-electron chi connectivity index (χ3n) is 9.46. The van der Waals surface area contributed by atoms with Gasteiger partial charge in [-0.05, 0) is 101 Å². The number of benzene rings is 1. The summed E-state index contributed by atoms with van der Waals surface area (Å²) in [6.07, 6.45) is 0. The van der Waals surface area contributed by atoms with E-state index in [4.69, 9.17) is 0 Å². The lowest BCUT2D eigenvalue weighted by Crippen LogP contribution is -3.12. The van der Waals surface area contributed by atoms with E-state index in [-0.39, 0.29) is 5.41 Å². The summed E-state index contributed by atoms with van der Waals surface area (Å²) in [5.41, 5.74) is 6.65. The van der Waals surface area contributed by atoms with Crippen LogP contribution >= 0.6 is 0 Å². The quantitative estimate of drug-likeness (QED) is 0.796. The van der Waals surface area contributed by atoms with Gasteiger partial charge >= 0.3 is 0 Å². The van der Waals surface area contributed by atoms with E-state index in [9.17, 15) is 4.79 Å². The lowest BCUT2D eigenvalue weighted by Gasteiger charge is -3.11. The van der Waals surface area contributed by atoms with E-state index in [0.29, 0.717) is 23.4 Å². The molecule has 6 aliphatic rings. The molecule has 0 bridgehead atoms. The largest absolute Gasteiger partial charge is 0.337 e. The van der Waals surface area contributed by atoms with Crippen molar-refractivity contribution >= 4 is 5.91 Å². The molecule has 1 aromatic rings. The number of rotatable bonds is 4. The molecule has 138 valence electrons. The summed E-state index contributed by atoms with van der Waals surface area (Å²) in [5, 5.41) is 0. The maximum atomic E-state index is 13.6. The molecule has 26 heavy (non-hydrogen) atoms. The molecule has 0 unspecified atom stereocenters. The zero-order valence-corrected chi connectivity index (χ0v) is 17.1. The van der Waals surface area contributed by atoms with Crippen LogP contribution in [0.1, 0.15) is 49.9 Å². The molecule has 0 heterocycles. The standard InChI is InChI=1S/C24H31NO/c1-10(2)25(11(3)4)22(26)24-19-16-20(24)18-21(24)17(19)23(16,18)15-13(6)8-12(5)9-14(15)7/h8-11,16-21H,1-7H3. The lowest BCUT2D eigenvalue weighted by molar-refractivity contribution is -0.612. The number of hydrogen-bond acceptors (Lipinski definition) is 1. The minimum absolute atomic E-state index is 0.0861. The average Bonchev–Trinajstić information content (AvgIpc) is 2.53. The molecule has 6 fully saturated rings. The van der Waals surface area contributed by atoms with Crippen LogP contribution in [0, 0.1) is 61.7 Å². The van der Waals surface area contributed by atoms with Crippen molar-refractivity contribution in [3.63, 3.8) is 0 Å². The first-order valence-electron chi connectivity index (χ1n) is 10.6. The van der Waals surface area contributed by atoms with Crippen molar-refractivity contribution in [3.8, 4) is 0 Å². The first kappa shape index (κ1) is 15.7. The maximum absolute atomic E-state index is 13.6. The van der Waals surface area contributed by atoms with Gasteiger partial charge in [-0.3, -0.25) is 4.79 Å². The fourth-order valence-electron chi connectivity index (χ4n) is 9.61. The minimum atomic E-state index is 0.0861. The Morgan fingerprint density at radius 1 is 0.846 bits per heavy atom. The molecular weight excluding hydrogens is 318 g/mol. The van der Waals surface area contributed by atoms with Gasteiger partial charge in [-0.1, -0.05) is 17.7 Å². The van der Waals surface area contributed by atoms with Crippen molar-refractivity contribution in [1.29, 1.82) is 0 Å². The highest BCUT2D eigenvalue weighted by molar-refractivity contribution is 5.94. The van der Waals surface area contributed by atoms with Crippen LogP contribution in [0.15, 0.2) is 12.1 Å². The van der Waals surface area contributed by atoms with Gasteiger partial charge in [0, 0.05) is 17.5 Å². The second-order valence-corrected chi connectivity index (χ2v) is 10.7. The number of nitrogens with zero attached hydrogens (tertiary/aromatic N) is 1. The molecule has 2 nitrogen and oxygen atoms in total. The molecule has 0 aromatic heterocycles. The summed E-state index contributed by atoms with van der Waals surface area (Å²) in [7, 11) is 0. The molecule has 2 heteroatoms. The van der Waals surface area contributed by atoms with Crippen LogP contribution in [0.5, 0.6) is 0 Å². The SMILES string of the molecule is Cc1cc(C)c(C23C4C5C2C2C3C4C52C(=O)N(C(C)C)C(C)C)c(C)c1. The van der Waals surface area contributed by atoms with E-state index < -0.39 is 0 Å². The van der Waals surface area contributed by atoms with Gasteiger partial charge in [-0.2, -0.15) is 0 Å². The van der Waals surface area contributed by atoms with Crippen LogP contribution in [0.3, 0.4) is 0 Å². The number of amides is 1. The molecule has 0 radical (unpaired) electrons. The van der Waals surface area contributed by atoms with Gasteiger partial charge in [0.1, 0.15) is 0 Å². The van der Waals surface area contributed by atoms with E-state index in [2.05, 4.69) is 65.5 Å². The van der Waals surface area contributed by atoms with Gasteiger partial charge in [0.15, 0.2) is 0 Å². The van der Waals surface area contributed by atoms with Crippen LogP contribution in [0.4, 0.5) is 0 Å². The van der Waals surface area contributed by atoms with Crippen molar-refractivity contribution in [3.05, 3.63) is 34.4 Å². The van der Waals surface area contributed by atoms with Crippen molar-refractivity contribution in [1.82, 2.24) is 4.90 Å². The summed E-state index contributed by atoms with van der Waals surface area (Å²) >= 11 is 0. The average molecular weight is 350 g/mol. The number of carbonyl (C=O) groups is 1. The van der Waals surface area contributed by atoms with Gasteiger partial charge in [0.2, 0.25) is 5.91 Å². The fourth-order valence-corrected chi connectivity index (χ4v) is 9.61. The predicted molar refractivity (Wildman–Crippen MR) is 103 cm³/mol. The highest BCUT2D eigenvalue weighted by atomic mass is 16.2. The summed E-state index contributed by atoms with van der Waals surface area (Å²) in [6.45, 7) is 15.6. The maximum Gasteiger partial charge on any atom is 0.230 e. The molecule has 1 aromatic carbocycles. The summed E-state index contributed by atoms with van der Waals surface area (Å²) < 4.78 is 0. The highest BCUT2D eigenvalue weighted by Crippen LogP contribution is 3.10. The lowest BCUT2D eigenvalue weighted by atomic mass is 8.91. The number of carbonyl (C=O) groups excluding carboxylic acids is 1. The van der Waals surface area contributed by atoms with E-state index in [1.165, 1.54) is 16.7 Å². The molecule has 6 aliphatic carbocycles. The van der Waals surface area contributed by atoms with Crippen LogP contribution in [-0.4, -0.2) is 22.9 Å². The molecular formula is C24H31NO. The van der Waals surface area contributed by atoms with E-state index in [0.717, 1.165) is 35.5 Å². The fraction of sp³-hybridized carbons (Fsp3) is 0.708. The second kappa shape index (κ2) is 4.08. The number of hydrogen-bond donors (Lipinski definition) is 0. The molecule has 1 amide bonds. The molecule has 0 aliphatic heterocycles. The second-order valence-electron chi connectivity index (χ2n) is 10.7. The monoisotopic (exact) mass is 349 g/mol. The van der Waals surface area contributed by atoms with E-state index >= 15 is 0 Å². The Labute approximate surface area is 157 Å². The summed E-state index contributed by atoms with van der Waals surface area (Å²) in [5.74, 6) is 5.14. The van der Waals surface area contributed by atoms with Gasteiger partial charge in [-0.15, -0.1) is 0 Å². The van der Waals surface area contributed by atoms with Gasteiger partial charge < -0.3 is 4.90 Å². The molecule has 0 N–H and O–H groups in total. The Hall–Kier alpha value is -1.31. The minimum Gasteiger partial charge on any atom is -0.337 e. The topological polar surface area (TPSA) is 20.3 Å². The Balaban J connectivity index is 1.35. The van der Waals surface area contributed by atoms with Crippen molar-refractivity contribution in [2.24, 2.45) is 40.9 Å². The smallest absolute Gasteiger partial charge is 0.230 e. The van der Waals surface area contributed by atoms with Crippen LogP contribution < -0.4 is 0 Å². The van der Waals surface area contributed by atoms with Gasteiger partial charge in [0.25, 0.3) is 0 Å². The number of aryl methyl sites for hydroxylation is 3. The Kier molecular flexibility index (Phi) is 2.47. The molecule has 7 rings (SSSR count). The predicted octanol–water partition coefficient (Wildman–Crippen LogP) is 4.25. The van der Waals surface area contributed by atoms with E-state index in [1.807, 2.05) is 0 Å². The van der Waals surface area contributed by atoms with Crippen LogP contribution in [-0.2, 0) is 10.2 Å². The zero-order valence-electron chi connectivity index (χ0n) is 17.1. The third-order valence-corrected chi connectivity index (χ3v) is 9.46. The van der Waals surface area contributed by atoms with Crippen molar-refractivity contribution in [2.45, 2.75) is 66.0 Å². The van der Waals surface area contributed by atoms with Crippen LogP contribution in [0.25, 0.3) is 0 Å². The summed E-state index contributed by atoms with van der Waals surface area (Å²) in [4.78, 5) is 15.7. The molecule has 0 spiro atoms.